The number of nitriles is 1. The molecular weight excluding hydrogens is 164 g/mol. The van der Waals surface area contributed by atoms with E-state index in [4.69, 9.17) is 11.0 Å². The predicted octanol–water partition coefficient (Wildman–Crippen LogP) is 1.50. The maximum atomic E-state index is 11.6. The van der Waals surface area contributed by atoms with Crippen LogP contribution in [0, 0.1) is 16.7 Å². The molecule has 0 radical (unpaired) electrons. The first-order valence-corrected chi connectivity index (χ1v) is 4.46. The molecule has 70 valence electrons. The van der Waals surface area contributed by atoms with Gasteiger partial charge in [0.1, 0.15) is 0 Å². The minimum atomic E-state index is -0.349. The Bertz CT molecular complexity index is 288. The molecule has 1 aliphatic rings. The maximum Gasteiger partial charge on any atom is 0.163 e. The zero-order valence-corrected chi connectivity index (χ0v) is 7.84. The van der Waals surface area contributed by atoms with E-state index in [9.17, 15) is 4.79 Å². The second-order valence-corrected chi connectivity index (χ2v) is 3.80. The van der Waals surface area contributed by atoms with Crippen LogP contribution < -0.4 is 5.73 Å². The van der Waals surface area contributed by atoms with Crippen molar-refractivity contribution in [3.63, 3.8) is 0 Å². The van der Waals surface area contributed by atoms with Crippen molar-refractivity contribution >= 4 is 5.78 Å². The minimum Gasteiger partial charge on any atom is -0.402 e. The average molecular weight is 178 g/mol. The average Bonchev–Trinajstić information content (AvgIpc) is 2.09. The van der Waals surface area contributed by atoms with Gasteiger partial charge in [-0.05, 0) is 19.3 Å². The monoisotopic (exact) mass is 178 g/mol. The Balaban J connectivity index is 2.71. The van der Waals surface area contributed by atoms with Crippen LogP contribution in [0.2, 0.25) is 0 Å². The number of hydrogen-bond acceptors (Lipinski definition) is 3. The predicted molar refractivity (Wildman–Crippen MR) is 49.5 cm³/mol. The fourth-order valence-corrected chi connectivity index (χ4v) is 1.54. The van der Waals surface area contributed by atoms with Gasteiger partial charge in [0.25, 0.3) is 0 Å². The second kappa shape index (κ2) is 3.61. The third-order valence-electron chi connectivity index (χ3n) is 2.67. The molecule has 0 heterocycles. The van der Waals surface area contributed by atoms with E-state index in [1.807, 2.05) is 6.92 Å². The molecule has 1 aliphatic carbocycles. The quantitative estimate of drug-likeness (QED) is 0.696. The van der Waals surface area contributed by atoms with Gasteiger partial charge in [-0.2, -0.15) is 5.26 Å². The molecule has 1 rings (SSSR count). The molecule has 0 aromatic carbocycles. The summed E-state index contributed by atoms with van der Waals surface area (Å²) in [5, 5.41) is 8.45. The SMILES string of the molecule is CC1(CCC#N)CCC(N)=CC1=O. The number of carbonyl (C=O) groups excluding carboxylic acids is 1. The van der Waals surface area contributed by atoms with Crippen LogP contribution in [0.1, 0.15) is 32.6 Å². The lowest BCUT2D eigenvalue weighted by molar-refractivity contribution is -0.124. The molecule has 13 heavy (non-hydrogen) atoms. The van der Waals surface area contributed by atoms with Crippen LogP contribution >= 0.6 is 0 Å². The topological polar surface area (TPSA) is 66.9 Å². The summed E-state index contributed by atoms with van der Waals surface area (Å²) in [6, 6.07) is 2.07. The van der Waals surface area contributed by atoms with E-state index in [0.717, 1.165) is 12.8 Å². The van der Waals surface area contributed by atoms with Crippen molar-refractivity contribution in [1.29, 1.82) is 5.26 Å². The summed E-state index contributed by atoms with van der Waals surface area (Å²) < 4.78 is 0. The molecule has 3 heteroatoms. The van der Waals surface area contributed by atoms with Crippen LogP contribution in [0.5, 0.6) is 0 Å². The minimum absolute atomic E-state index is 0.0755. The first kappa shape index (κ1) is 9.79. The van der Waals surface area contributed by atoms with Gasteiger partial charge in [0, 0.05) is 23.6 Å². The number of hydrogen-bond donors (Lipinski definition) is 1. The number of nitrogens with zero attached hydrogens (tertiary/aromatic N) is 1. The highest BCUT2D eigenvalue weighted by atomic mass is 16.1. The van der Waals surface area contributed by atoms with Gasteiger partial charge >= 0.3 is 0 Å². The van der Waals surface area contributed by atoms with E-state index in [1.54, 1.807) is 0 Å². The van der Waals surface area contributed by atoms with Crippen molar-refractivity contribution in [1.82, 2.24) is 0 Å². The maximum absolute atomic E-state index is 11.6. The second-order valence-electron chi connectivity index (χ2n) is 3.80. The molecule has 0 aromatic rings. The molecule has 2 N–H and O–H groups in total. The van der Waals surface area contributed by atoms with Crippen molar-refractivity contribution < 1.29 is 4.79 Å². The van der Waals surface area contributed by atoms with Gasteiger partial charge in [-0.15, -0.1) is 0 Å². The van der Waals surface area contributed by atoms with Gasteiger partial charge in [0.05, 0.1) is 6.07 Å². The summed E-state index contributed by atoms with van der Waals surface area (Å²) >= 11 is 0. The van der Waals surface area contributed by atoms with Gasteiger partial charge in [0.15, 0.2) is 5.78 Å². The molecule has 1 unspecified atom stereocenters. The third-order valence-corrected chi connectivity index (χ3v) is 2.67. The van der Waals surface area contributed by atoms with Crippen molar-refractivity contribution in [3.05, 3.63) is 11.8 Å². The Morgan fingerprint density at radius 3 is 3.00 bits per heavy atom. The lowest BCUT2D eigenvalue weighted by Crippen LogP contribution is -2.31. The fraction of sp³-hybridized carbons (Fsp3) is 0.600. The molecule has 3 nitrogen and oxygen atoms in total. The molecular formula is C10H14N2O. The van der Waals surface area contributed by atoms with Crippen molar-refractivity contribution in [2.45, 2.75) is 32.6 Å². The molecule has 0 amide bonds. The molecule has 0 aliphatic heterocycles. The van der Waals surface area contributed by atoms with E-state index in [0.29, 0.717) is 18.5 Å². The normalized spacial score (nSPS) is 28.0. The summed E-state index contributed by atoms with van der Waals surface area (Å²) in [5.41, 5.74) is 5.87. The molecule has 0 saturated heterocycles. The van der Waals surface area contributed by atoms with Gasteiger partial charge in [-0.1, -0.05) is 6.92 Å². The lowest BCUT2D eigenvalue weighted by Gasteiger charge is -2.29. The summed E-state index contributed by atoms with van der Waals surface area (Å²) in [6.07, 6.45) is 4.15. The van der Waals surface area contributed by atoms with E-state index in [1.165, 1.54) is 6.08 Å². The molecule has 1 atom stereocenters. The largest absolute Gasteiger partial charge is 0.402 e. The van der Waals surface area contributed by atoms with Crippen LogP contribution in [-0.4, -0.2) is 5.78 Å². The van der Waals surface area contributed by atoms with Gasteiger partial charge in [0.2, 0.25) is 0 Å². The van der Waals surface area contributed by atoms with Crippen molar-refractivity contribution in [2.75, 3.05) is 0 Å². The summed E-state index contributed by atoms with van der Waals surface area (Å²) in [7, 11) is 0. The molecule has 0 saturated carbocycles. The molecule has 0 spiro atoms. The Morgan fingerprint density at radius 2 is 2.46 bits per heavy atom. The van der Waals surface area contributed by atoms with Gasteiger partial charge in [-0.3, -0.25) is 4.79 Å². The highest BCUT2D eigenvalue weighted by Gasteiger charge is 2.33. The Kier molecular flexibility index (Phi) is 2.72. The lowest BCUT2D eigenvalue weighted by atomic mass is 9.74. The van der Waals surface area contributed by atoms with E-state index < -0.39 is 0 Å². The van der Waals surface area contributed by atoms with Crippen LogP contribution in [0.3, 0.4) is 0 Å². The van der Waals surface area contributed by atoms with E-state index in [2.05, 4.69) is 6.07 Å². The first-order valence-electron chi connectivity index (χ1n) is 4.46. The van der Waals surface area contributed by atoms with Crippen molar-refractivity contribution in [2.24, 2.45) is 11.1 Å². The summed E-state index contributed by atoms with van der Waals surface area (Å²) in [5.74, 6) is 0.0755. The number of allylic oxidation sites excluding steroid dienone is 2. The van der Waals surface area contributed by atoms with E-state index in [-0.39, 0.29) is 11.2 Å². The summed E-state index contributed by atoms with van der Waals surface area (Å²) in [4.78, 5) is 11.6. The number of nitrogens with two attached hydrogens (primary N) is 1. The Labute approximate surface area is 78.2 Å². The highest BCUT2D eigenvalue weighted by Crippen LogP contribution is 2.34. The highest BCUT2D eigenvalue weighted by molar-refractivity contribution is 5.95. The van der Waals surface area contributed by atoms with Gasteiger partial charge < -0.3 is 5.73 Å². The zero-order valence-electron chi connectivity index (χ0n) is 7.84. The number of rotatable bonds is 2. The zero-order chi connectivity index (χ0) is 9.90. The third kappa shape index (κ3) is 2.09. The molecule has 0 bridgehead atoms. The van der Waals surface area contributed by atoms with Crippen LogP contribution in [0.25, 0.3) is 0 Å². The fourth-order valence-electron chi connectivity index (χ4n) is 1.54. The van der Waals surface area contributed by atoms with Crippen LogP contribution in [0.15, 0.2) is 11.8 Å². The molecule has 0 fully saturated rings. The van der Waals surface area contributed by atoms with Crippen molar-refractivity contribution in [3.8, 4) is 6.07 Å². The Morgan fingerprint density at radius 1 is 1.77 bits per heavy atom. The summed E-state index contributed by atoms with van der Waals surface area (Å²) in [6.45, 7) is 1.91. The number of carbonyl (C=O) groups is 1. The number of ketones is 1. The van der Waals surface area contributed by atoms with E-state index >= 15 is 0 Å². The van der Waals surface area contributed by atoms with Crippen LogP contribution in [-0.2, 0) is 4.79 Å². The van der Waals surface area contributed by atoms with Gasteiger partial charge in [-0.25, -0.2) is 0 Å². The molecule has 0 aromatic heterocycles. The first-order chi connectivity index (χ1) is 6.08. The standard InChI is InChI=1S/C10H14N2O/c1-10(4-2-6-11)5-3-8(12)7-9(10)13/h7H,2-5,12H2,1H3. The Hall–Kier alpha value is -1.30. The smallest absolute Gasteiger partial charge is 0.163 e. The van der Waals surface area contributed by atoms with Crippen LogP contribution in [0.4, 0.5) is 0 Å².